The Bertz CT molecular complexity index is 804. The number of amides is 1. The number of nitrogens with one attached hydrogen (secondary N) is 1. The minimum atomic E-state index is -0.131. The second-order valence-corrected chi connectivity index (χ2v) is 4.89. The average Bonchev–Trinajstić information content (AvgIpc) is 2.85. The lowest BCUT2D eigenvalue weighted by molar-refractivity contribution is -0.114. The van der Waals surface area contributed by atoms with Crippen molar-refractivity contribution in [2.75, 3.05) is 11.1 Å². The second kappa shape index (κ2) is 4.90. The van der Waals surface area contributed by atoms with Crippen molar-refractivity contribution in [3.8, 4) is 5.69 Å². The fraction of sp³-hybridized carbons (Fsp3) is 0.133. The van der Waals surface area contributed by atoms with Crippen LogP contribution in [0.4, 0.5) is 11.4 Å². The van der Waals surface area contributed by atoms with Crippen LogP contribution < -0.4 is 11.1 Å². The number of hydrogen-bond donors (Lipinski definition) is 2. The molecule has 1 aromatic heterocycles. The van der Waals surface area contributed by atoms with E-state index in [-0.39, 0.29) is 5.91 Å². The van der Waals surface area contributed by atoms with Gasteiger partial charge in [0, 0.05) is 12.6 Å². The van der Waals surface area contributed by atoms with E-state index in [0.29, 0.717) is 17.1 Å². The Labute approximate surface area is 121 Å². The third-order valence-corrected chi connectivity index (χ3v) is 3.19. The molecule has 0 aliphatic rings. The summed E-state index contributed by atoms with van der Waals surface area (Å²) in [5, 5.41) is 11.6. The third kappa shape index (κ3) is 2.43. The molecule has 3 aromatic rings. The van der Waals surface area contributed by atoms with E-state index in [9.17, 15) is 4.79 Å². The standard InChI is InChI=1S/C15H15N5O/c1-9-7-15(11(16)8-14(9)17-10(2)21)20-18-12-5-3-4-6-13(12)19-20/h3-8H,16H2,1-2H3,(H,17,21). The Morgan fingerprint density at radius 1 is 1.19 bits per heavy atom. The highest BCUT2D eigenvalue weighted by Gasteiger charge is 2.11. The van der Waals surface area contributed by atoms with Crippen LogP contribution in [0.25, 0.3) is 16.7 Å². The van der Waals surface area contributed by atoms with Gasteiger partial charge in [0.25, 0.3) is 0 Å². The predicted octanol–water partition coefficient (Wildman–Crippen LogP) is 2.27. The largest absolute Gasteiger partial charge is 0.397 e. The van der Waals surface area contributed by atoms with Gasteiger partial charge in [-0.05, 0) is 36.8 Å². The average molecular weight is 281 g/mol. The molecule has 0 saturated carbocycles. The number of nitrogens with two attached hydrogens (primary N) is 1. The summed E-state index contributed by atoms with van der Waals surface area (Å²) in [6.07, 6.45) is 0. The van der Waals surface area contributed by atoms with Crippen molar-refractivity contribution in [1.82, 2.24) is 15.0 Å². The van der Waals surface area contributed by atoms with Crippen LogP contribution in [-0.2, 0) is 4.79 Å². The molecule has 1 heterocycles. The molecule has 0 fully saturated rings. The van der Waals surface area contributed by atoms with E-state index >= 15 is 0 Å². The minimum absolute atomic E-state index is 0.131. The van der Waals surface area contributed by atoms with E-state index in [1.54, 1.807) is 6.07 Å². The second-order valence-electron chi connectivity index (χ2n) is 4.89. The first kappa shape index (κ1) is 13.1. The zero-order valence-electron chi connectivity index (χ0n) is 11.8. The molecule has 2 aromatic carbocycles. The molecular weight excluding hydrogens is 266 g/mol. The van der Waals surface area contributed by atoms with Crippen molar-refractivity contribution in [1.29, 1.82) is 0 Å². The maximum atomic E-state index is 11.2. The number of carbonyl (C=O) groups excluding carboxylic acids is 1. The summed E-state index contributed by atoms with van der Waals surface area (Å²) in [5.74, 6) is -0.131. The van der Waals surface area contributed by atoms with Gasteiger partial charge in [-0.2, -0.15) is 0 Å². The van der Waals surface area contributed by atoms with Crippen LogP contribution in [0.1, 0.15) is 12.5 Å². The number of fused-ring (bicyclic) bond motifs is 1. The van der Waals surface area contributed by atoms with Crippen molar-refractivity contribution in [3.63, 3.8) is 0 Å². The van der Waals surface area contributed by atoms with Crippen molar-refractivity contribution >= 4 is 28.3 Å². The lowest BCUT2D eigenvalue weighted by Crippen LogP contribution is -2.10. The molecule has 0 aliphatic carbocycles. The summed E-state index contributed by atoms with van der Waals surface area (Å²) >= 11 is 0. The summed E-state index contributed by atoms with van der Waals surface area (Å²) in [5.41, 5.74) is 10.5. The normalized spacial score (nSPS) is 10.8. The Morgan fingerprint density at radius 3 is 2.38 bits per heavy atom. The number of nitrogens with zero attached hydrogens (tertiary/aromatic N) is 3. The Kier molecular flexibility index (Phi) is 3.06. The van der Waals surface area contributed by atoms with Gasteiger partial charge in [0.05, 0.1) is 5.69 Å². The van der Waals surface area contributed by atoms with Crippen LogP contribution >= 0.6 is 0 Å². The lowest BCUT2D eigenvalue weighted by Gasteiger charge is -2.11. The van der Waals surface area contributed by atoms with Crippen molar-refractivity contribution < 1.29 is 4.79 Å². The van der Waals surface area contributed by atoms with Gasteiger partial charge in [-0.1, -0.05) is 12.1 Å². The van der Waals surface area contributed by atoms with Gasteiger partial charge in [-0.25, -0.2) is 0 Å². The van der Waals surface area contributed by atoms with E-state index in [2.05, 4.69) is 15.5 Å². The molecule has 21 heavy (non-hydrogen) atoms. The van der Waals surface area contributed by atoms with E-state index < -0.39 is 0 Å². The molecule has 0 saturated heterocycles. The van der Waals surface area contributed by atoms with Gasteiger partial charge in [-0.3, -0.25) is 4.79 Å². The number of carbonyl (C=O) groups is 1. The molecule has 0 unspecified atom stereocenters. The Balaban J connectivity index is 2.09. The van der Waals surface area contributed by atoms with Crippen molar-refractivity contribution in [3.05, 3.63) is 42.0 Å². The molecule has 3 rings (SSSR count). The third-order valence-electron chi connectivity index (χ3n) is 3.19. The number of rotatable bonds is 2. The predicted molar refractivity (Wildman–Crippen MR) is 82.3 cm³/mol. The molecule has 6 nitrogen and oxygen atoms in total. The van der Waals surface area contributed by atoms with Gasteiger partial charge in [-0.15, -0.1) is 15.0 Å². The van der Waals surface area contributed by atoms with Crippen LogP contribution in [-0.4, -0.2) is 20.9 Å². The van der Waals surface area contributed by atoms with Crippen LogP contribution in [0.2, 0.25) is 0 Å². The highest BCUT2D eigenvalue weighted by molar-refractivity contribution is 5.90. The highest BCUT2D eigenvalue weighted by Crippen LogP contribution is 2.25. The quantitative estimate of drug-likeness (QED) is 0.705. The zero-order valence-corrected chi connectivity index (χ0v) is 11.8. The molecular formula is C15H15N5O. The smallest absolute Gasteiger partial charge is 0.221 e. The van der Waals surface area contributed by atoms with E-state index in [1.165, 1.54) is 11.7 Å². The zero-order chi connectivity index (χ0) is 15.0. The van der Waals surface area contributed by atoms with Gasteiger partial charge in [0.1, 0.15) is 16.7 Å². The monoisotopic (exact) mass is 281 g/mol. The molecule has 0 bridgehead atoms. The van der Waals surface area contributed by atoms with Gasteiger partial charge in [0.15, 0.2) is 0 Å². The molecule has 0 spiro atoms. The molecule has 1 amide bonds. The van der Waals surface area contributed by atoms with Crippen molar-refractivity contribution in [2.24, 2.45) is 0 Å². The van der Waals surface area contributed by atoms with Gasteiger partial charge >= 0.3 is 0 Å². The fourth-order valence-corrected chi connectivity index (χ4v) is 2.17. The van der Waals surface area contributed by atoms with Crippen molar-refractivity contribution in [2.45, 2.75) is 13.8 Å². The van der Waals surface area contributed by atoms with Crippen LogP contribution in [0.15, 0.2) is 36.4 Å². The summed E-state index contributed by atoms with van der Waals surface area (Å²) in [7, 11) is 0. The number of hydrogen-bond acceptors (Lipinski definition) is 4. The van der Waals surface area contributed by atoms with Crippen LogP contribution in [0, 0.1) is 6.92 Å². The highest BCUT2D eigenvalue weighted by atomic mass is 16.1. The molecule has 3 N–H and O–H groups in total. The van der Waals surface area contributed by atoms with E-state index in [0.717, 1.165) is 16.6 Å². The number of anilines is 2. The lowest BCUT2D eigenvalue weighted by atomic mass is 10.1. The molecule has 0 aliphatic heterocycles. The van der Waals surface area contributed by atoms with E-state index in [1.807, 2.05) is 37.3 Å². The number of nitrogen functional groups attached to an aromatic ring is 1. The molecule has 6 heteroatoms. The Hall–Kier alpha value is -2.89. The molecule has 0 atom stereocenters. The number of benzene rings is 2. The number of aromatic nitrogens is 3. The van der Waals surface area contributed by atoms with Gasteiger partial charge < -0.3 is 11.1 Å². The SMILES string of the molecule is CC(=O)Nc1cc(N)c(-n2nc3ccccc3n2)cc1C. The first-order valence-electron chi connectivity index (χ1n) is 6.55. The minimum Gasteiger partial charge on any atom is -0.397 e. The topological polar surface area (TPSA) is 85.8 Å². The first-order chi connectivity index (χ1) is 10.0. The number of aryl methyl sites for hydroxylation is 1. The summed E-state index contributed by atoms with van der Waals surface area (Å²) in [6, 6.07) is 11.2. The Morgan fingerprint density at radius 2 is 1.81 bits per heavy atom. The fourth-order valence-electron chi connectivity index (χ4n) is 2.17. The van der Waals surface area contributed by atoms with E-state index in [4.69, 9.17) is 5.73 Å². The van der Waals surface area contributed by atoms with Crippen LogP contribution in [0.5, 0.6) is 0 Å². The first-order valence-corrected chi connectivity index (χ1v) is 6.55. The maximum absolute atomic E-state index is 11.2. The maximum Gasteiger partial charge on any atom is 0.221 e. The summed E-state index contributed by atoms with van der Waals surface area (Å²) in [4.78, 5) is 12.7. The van der Waals surface area contributed by atoms with Crippen LogP contribution in [0.3, 0.4) is 0 Å². The molecule has 0 radical (unpaired) electrons. The summed E-state index contributed by atoms with van der Waals surface area (Å²) in [6.45, 7) is 3.36. The van der Waals surface area contributed by atoms with Gasteiger partial charge in [0.2, 0.25) is 5.91 Å². The summed E-state index contributed by atoms with van der Waals surface area (Å²) < 4.78 is 0. The molecule has 106 valence electrons.